The smallest absolute Gasteiger partial charge is 0.220 e. The Morgan fingerprint density at radius 1 is 1.44 bits per heavy atom. The molecule has 2 N–H and O–H groups in total. The second kappa shape index (κ2) is 7.10. The van der Waals surface area contributed by atoms with Crippen LogP contribution in [0.1, 0.15) is 40.0 Å². The molecule has 0 radical (unpaired) electrons. The fraction of sp³-hybridized carbons (Fsp3) is 0.929. The molecule has 0 bridgehead atoms. The average Bonchev–Trinajstić information content (AvgIpc) is 2.28. The monoisotopic (exact) mass is 256 g/mol. The third kappa shape index (κ3) is 5.36. The summed E-state index contributed by atoms with van der Waals surface area (Å²) in [6, 6.07) is 0. The van der Waals surface area contributed by atoms with E-state index >= 15 is 0 Å². The molecule has 4 nitrogen and oxygen atoms in total. The van der Waals surface area contributed by atoms with Crippen molar-refractivity contribution in [1.82, 2.24) is 10.6 Å². The highest BCUT2D eigenvalue weighted by Crippen LogP contribution is 2.24. The molecule has 1 rings (SSSR count). The van der Waals surface area contributed by atoms with E-state index in [1.54, 1.807) is 7.11 Å². The molecule has 1 unspecified atom stereocenters. The number of piperidine rings is 1. The van der Waals surface area contributed by atoms with Crippen molar-refractivity contribution in [2.45, 2.75) is 45.6 Å². The number of carbonyl (C=O) groups is 1. The van der Waals surface area contributed by atoms with Crippen LogP contribution in [-0.2, 0) is 9.53 Å². The molecular formula is C14H28N2O2. The standard InChI is InChI=1S/C14H28N2O2/c1-11(12-5-7-15-8-6-12)9-13(17)16-14(2,3)10-18-4/h11-12,15H,5-10H2,1-4H3,(H,16,17). The summed E-state index contributed by atoms with van der Waals surface area (Å²) in [6.07, 6.45) is 3.00. The van der Waals surface area contributed by atoms with E-state index in [0.29, 0.717) is 24.9 Å². The summed E-state index contributed by atoms with van der Waals surface area (Å²) in [5, 5.41) is 6.41. The van der Waals surface area contributed by atoms with Gasteiger partial charge >= 0.3 is 0 Å². The maximum atomic E-state index is 12.0. The van der Waals surface area contributed by atoms with Gasteiger partial charge in [-0.1, -0.05) is 6.92 Å². The predicted molar refractivity (Wildman–Crippen MR) is 73.5 cm³/mol. The van der Waals surface area contributed by atoms with E-state index in [9.17, 15) is 4.79 Å². The van der Waals surface area contributed by atoms with Crippen molar-refractivity contribution in [3.05, 3.63) is 0 Å². The van der Waals surface area contributed by atoms with Crippen molar-refractivity contribution < 1.29 is 9.53 Å². The lowest BCUT2D eigenvalue weighted by atomic mass is 9.84. The van der Waals surface area contributed by atoms with E-state index in [-0.39, 0.29) is 11.4 Å². The van der Waals surface area contributed by atoms with Crippen LogP contribution in [0.2, 0.25) is 0 Å². The topological polar surface area (TPSA) is 50.4 Å². The van der Waals surface area contributed by atoms with E-state index in [4.69, 9.17) is 4.74 Å². The molecule has 1 fully saturated rings. The minimum absolute atomic E-state index is 0.142. The quantitative estimate of drug-likeness (QED) is 0.758. The molecule has 0 saturated carbocycles. The van der Waals surface area contributed by atoms with Gasteiger partial charge in [0.1, 0.15) is 0 Å². The van der Waals surface area contributed by atoms with Crippen LogP contribution in [0.4, 0.5) is 0 Å². The molecule has 1 saturated heterocycles. The maximum absolute atomic E-state index is 12.0. The summed E-state index contributed by atoms with van der Waals surface area (Å²) >= 11 is 0. The number of methoxy groups -OCH3 is 1. The van der Waals surface area contributed by atoms with Crippen molar-refractivity contribution in [3.8, 4) is 0 Å². The molecule has 18 heavy (non-hydrogen) atoms. The van der Waals surface area contributed by atoms with Gasteiger partial charge in [0.25, 0.3) is 0 Å². The summed E-state index contributed by atoms with van der Waals surface area (Å²) in [6.45, 7) is 8.89. The lowest BCUT2D eigenvalue weighted by molar-refractivity contribution is -0.124. The Kier molecular flexibility index (Phi) is 6.09. The zero-order valence-corrected chi connectivity index (χ0v) is 12.2. The molecular weight excluding hydrogens is 228 g/mol. The number of amides is 1. The van der Waals surface area contributed by atoms with Crippen LogP contribution in [-0.4, -0.2) is 38.3 Å². The molecule has 1 aliphatic rings. The molecule has 0 aromatic carbocycles. The van der Waals surface area contributed by atoms with Crippen molar-refractivity contribution in [3.63, 3.8) is 0 Å². The average molecular weight is 256 g/mol. The lowest BCUT2D eigenvalue weighted by Gasteiger charge is -2.30. The van der Waals surface area contributed by atoms with Gasteiger partial charge in [-0.05, 0) is 51.6 Å². The van der Waals surface area contributed by atoms with E-state index in [1.165, 1.54) is 12.8 Å². The predicted octanol–water partition coefficient (Wildman–Crippen LogP) is 1.55. The second-order valence-corrected chi connectivity index (χ2v) is 6.13. The third-order valence-electron chi connectivity index (χ3n) is 3.68. The summed E-state index contributed by atoms with van der Waals surface area (Å²) < 4.78 is 5.11. The molecule has 0 aromatic heterocycles. The Labute approximate surface area is 111 Å². The Hall–Kier alpha value is -0.610. The first kappa shape index (κ1) is 15.4. The van der Waals surface area contributed by atoms with Crippen LogP contribution in [0, 0.1) is 11.8 Å². The molecule has 0 aliphatic carbocycles. The van der Waals surface area contributed by atoms with Crippen LogP contribution in [0.25, 0.3) is 0 Å². The van der Waals surface area contributed by atoms with Gasteiger partial charge in [-0.25, -0.2) is 0 Å². The van der Waals surface area contributed by atoms with Gasteiger partial charge in [-0.2, -0.15) is 0 Å². The minimum Gasteiger partial charge on any atom is -0.382 e. The second-order valence-electron chi connectivity index (χ2n) is 6.13. The summed E-state index contributed by atoms with van der Waals surface area (Å²) in [7, 11) is 1.66. The van der Waals surface area contributed by atoms with Gasteiger partial charge in [0, 0.05) is 13.5 Å². The van der Waals surface area contributed by atoms with Crippen LogP contribution >= 0.6 is 0 Å². The number of hydrogen-bond acceptors (Lipinski definition) is 3. The Morgan fingerprint density at radius 3 is 2.61 bits per heavy atom. The van der Waals surface area contributed by atoms with E-state index in [0.717, 1.165) is 13.1 Å². The molecule has 0 aromatic rings. The Bertz CT molecular complexity index is 261. The lowest BCUT2D eigenvalue weighted by Crippen LogP contribution is -2.47. The van der Waals surface area contributed by atoms with Crippen molar-refractivity contribution >= 4 is 5.91 Å². The molecule has 1 amide bonds. The SMILES string of the molecule is COCC(C)(C)NC(=O)CC(C)C1CCNCC1. The molecule has 4 heteroatoms. The first-order valence-electron chi connectivity index (χ1n) is 6.95. The van der Waals surface area contributed by atoms with Gasteiger partial charge in [0.15, 0.2) is 0 Å². The van der Waals surface area contributed by atoms with Gasteiger partial charge in [-0.15, -0.1) is 0 Å². The highest BCUT2D eigenvalue weighted by molar-refractivity contribution is 5.76. The van der Waals surface area contributed by atoms with Crippen LogP contribution in [0.5, 0.6) is 0 Å². The van der Waals surface area contributed by atoms with Crippen LogP contribution in [0.3, 0.4) is 0 Å². The number of rotatable bonds is 6. The molecule has 106 valence electrons. The molecule has 1 atom stereocenters. The highest BCUT2D eigenvalue weighted by atomic mass is 16.5. The zero-order valence-electron chi connectivity index (χ0n) is 12.2. The summed E-state index contributed by atoms with van der Waals surface area (Å²) in [5.41, 5.74) is -0.278. The Balaban J connectivity index is 2.34. The van der Waals surface area contributed by atoms with E-state index in [1.807, 2.05) is 13.8 Å². The van der Waals surface area contributed by atoms with E-state index < -0.39 is 0 Å². The molecule has 0 spiro atoms. The van der Waals surface area contributed by atoms with Gasteiger partial charge in [0.2, 0.25) is 5.91 Å². The molecule has 1 heterocycles. The minimum atomic E-state index is -0.278. The largest absolute Gasteiger partial charge is 0.382 e. The first-order valence-corrected chi connectivity index (χ1v) is 6.95. The van der Waals surface area contributed by atoms with Crippen LogP contribution < -0.4 is 10.6 Å². The number of carbonyl (C=O) groups excluding carboxylic acids is 1. The zero-order chi connectivity index (χ0) is 13.6. The number of hydrogen-bond donors (Lipinski definition) is 2. The fourth-order valence-corrected chi connectivity index (χ4v) is 2.70. The fourth-order valence-electron chi connectivity index (χ4n) is 2.70. The maximum Gasteiger partial charge on any atom is 0.220 e. The normalized spacial score (nSPS) is 19.6. The van der Waals surface area contributed by atoms with Gasteiger partial charge < -0.3 is 15.4 Å². The van der Waals surface area contributed by atoms with Gasteiger partial charge in [0.05, 0.1) is 12.1 Å². The van der Waals surface area contributed by atoms with Gasteiger partial charge in [-0.3, -0.25) is 4.79 Å². The van der Waals surface area contributed by atoms with E-state index in [2.05, 4.69) is 17.6 Å². The third-order valence-corrected chi connectivity index (χ3v) is 3.68. The van der Waals surface area contributed by atoms with Crippen molar-refractivity contribution in [2.24, 2.45) is 11.8 Å². The van der Waals surface area contributed by atoms with Crippen molar-refractivity contribution in [1.29, 1.82) is 0 Å². The summed E-state index contributed by atoms with van der Waals surface area (Å²) in [4.78, 5) is 12.0. The highest BCUT2D eigenvalue weighted by Gasteiger charge is 2.25. The number of ether oxygens (including phenoxy) is 1. The van der Waals surface area contributed by atoms with Crippen LogP contribution in [0.15, 0.2) is 0 Å². The Morgan fingerprint density at radius 2 is 2.06 bits per heavy atom. The summed E-state index contributed by atoms with van der Waals surface area (Å²) in [5.74, 6) is 1.29. The molecule has 1 aliphatic heterocycles. The first-order chi connectivity index (χ1) is 8.44. The number of nitrogens with one attached hydrogen (secondary N) is 2. The van der Waals surface area contributed by atoms with Crippen molar-refractivity contribution in [2.75, 3.05) is 26.8 Å².